The Morgan fingerprint density at radius 1 is 1.20 bits per heavy atom. The minimum absolute atomic E-state index is 0.0745. The van der Waals surface area contributed by atoms with Gasteiger partial charge in [-0.1, -0.05) is 25.2 Å². The zero-order chi connectivity index (χ0) is 33.2. The molecule has 2 saturated carbocycles. The number of likely N-dealkylation sites (N-methyl/N-ethyl adjacent to an activating group) is 1. The van der Waals surface area contributed by atoms with Gasteiger partial charge in [-0.25, -0.2) is 15.0 Å². The number of allylic oxidation sites excluding steroid dienone is 3. The van der Waals surface area contributed by atoms with E-state index in [2.05, 4.69) is 34.1 Å². The second-order valence-electron chi connectivity index (χ2n) is 13.2. The minimum Gasteiger partial charge on any atom is -0.480 e. The maximum absolute atomic E-state index is 10.3. The summed E-state index contributed by atoms with van der Waals surface area (Å²) in [5.41, 5.74) is 15.8. The van der Waals surface area contributed by atoms with Gasteiger partial charge in [0.2, 0.25) is 5.13 Å². The van der Waals surface area contributed by atoms with E-state index in [9.17, 15) is 10.2 Å². The minimum atomic E-state index is -0.888. The summed E-state index contributed by atoms with van der Waals surface area (Å²) in [4.78, 5) is 20.5. The summed E-state index contributed by atoms with van der Waals surface area (Å²) in [5.74, 6) is 2.07. The van der Waals surface area contributed by atoms with E-state index in [1.165, 1.54) is 49.6 Å². The maximum Gasteiger partial charge on any atom is 0.299 e. The first-order valence-corrected chi connectivity index (χ1v) is 16.5. The predicted molar refractivity (Wildman–Crippen MR) is 187 cm³/mol. The van der Waals surface area contributed by atoms with E-state index < -0.39 is 5.95 Å². The molecule has 0 spiro atoms. The van der Waals surface area contributed by atoms with Crippen LogP contribution >= 0.6 is 11.3 Å². The Kier molecular flexibility index (Phi) is 9.66. The van der Waals surface area contributed by atoms with E-state index in [4.69, 9.17) is 21.9 Å². The number of amidine groups is 2. The van der Waals surface area contributed by atoms with Crippen molar-refractivity contribution in [1.29, 1.82) is 5.41 Å². The molecular formula is C34H45N9O2S. The number of aliphatic hydroxyl groups excluding tert-OH is 1. The van der Waals surface area contributed by atoms with Crippen molar-refractivity contribution in [2.75, 3.05) is 13.6 Å². The van der Waals surface area contributed by atoms with Gasteiger partial charge in [-0.3, -0.25) is 10.4 Å². The number of hydrogen-bond acceptors (Lipinski definition) is 10. The highest BCUT2D eigenvalue weighted by atomic mass is 32.1. The van der Waals surface area contributed by atoms with Gasteiger partial charge in [-0.2, -0.15) is 0 Å². The Morgan fingerprint density at radius 2 is 1.91 bits per heavy atom. The van der Waals surface area contributed by atoms with Gasteiger partial charge in [0.25, 0.3) is 5.95 Å². The second kappa shape index (κ2) is 13.5. The number of pyridine rings is 1. The van der Waals surface area contributed by atoms with Crippen LogP contribution in [0.3, 0.4) is 0 Å². The van der Waals surface area contributed by atoms with Crippen molar-refractivity contribution in [2.24, 2.45) is 44.6 Å². The average Bonchev–Trinajstić information content (AvgIpc) is 3.41. The molecular weight excluding hydrogens is 599 g/mol. The van der Waals surface area contributed by atoms with Gasteiger partial charge in [-0.15, -0.1) is 0 Å². The van der Waals surface area contributed by atoms with Crippen molar-refractivity contribution in [3.05, 3.63) is 76.9 Å². The average molecular weight is 644 g/mol. The number of nitrogens with one attached hydrogen (secondary N) is 2. The second-order valence-corrected chi connectivity index (χ2v) is 14.1. The standard InChI is InChI=1S/C34H45N9O2S/c1-19-11-23-12-20(2)15-34(14-19,16-23)18-39-22(4)25(17-35)24-8-9-28(41-29(24)32(44)45)43(5)27(36)13-21(3)30(37)42-33-40-26-7-6-10-38-31(26)46-33/h6-10,13,17,19-20,23,36,41,44-45H,11-12,14-16,18,35H2,1-5H3,(H2,37,40,42)/b21-13-,25-17+,36-27?,39-22?. The smallest absolute Gasteiger partial charge is 0.299 e. The number of thiazole rings is 1. The van der Waals surface area contributed by atoms with Gasteiger partial charge in [0.05, 0.1) is 0 Å². The summed E-state index contributed by atoms with van der Waals surface area (Å²) < 4.78 is 0. The van der Waals surface area contributed by atoms with E-state index >= 15 is 0 Å². The molecule has 1 aliphatic heterocycles. The molecule has 244 valence electrons. The molecule has 5 rings (SSSR count). The monoisotopic (exact) mass is 643 g/mol. The molecule has 0 saturated heterocycles. The van der Waals surface area contributed by atoms with Crippen LogP contribution in [0.2, 0.25) is 0 Å². The third kappa shape index (κ3) is 7.17. The molecule has 2 bridgehead atoms. The molecule has 8 N–H and O–H groups in total. The van der Waals surface area contributed by atoms with Gasteiger partial charge < -0.3 is 31.9 Å². The third-order valence-corrected chi connectivity index (χ3v) is 10.1. The lowest BCUT2D eigenvalue weighted by Gasteiger charge is -2.49. The van der Waals surface area contributed by atoms with Crippen LogP contribution in [0.15, 0.2) is 86.9 Å². The van der Waals surface area contributed by atoms with E-state index in [0.717, 1.165) is 28.5 Å². The molecule has 46 heavy (non-hydrogen) atoms. The summed E-state index contributed by atoms with van der Waals surface area (Å²) in [6.45, 7) is 9.15. The Morgan fingerprint density at radius 3 is 2.57 bits per heavy atom. The number of nitrogens with two attached hydrogens (primary N) is 2. The highest BCUT2D eigenvalue weighted by Crippen LogP contribution is 2.53. The highest BCUT2D eigenvalue weighted by Gasteiger charge is 2.44. The summed E-state index contributed by atoms with van der Waals surface area (Å²) in [5, 5.41) is 32.8. The van der Waals surface area contributed by atoms with E-state index in [1.807, 2.05) is 19.1 Å². The van der Waals surface area contributed by atoms with Crippen molar-refractivity contribution in [3.63, 3.8) is 0 Å². The van der Waals surface area contributed by atoms with Gasteiger partial charge >= 0.3 is 0 Å². The predicted octanol–water partition coefficient (Wildman–Crippen LogP) is 6.35. The Labute approximate surface area is 274 Å². The molecule has 0 amide bonds. The lowest BCUT2D eigenvalue weighted by atomic mass is 9.57. The van der Waals surface area contributed by atoms with Crippen molar-refractivity contribution >= 4 is 44.2 Å². The number of dihydropyridines is 1. The quantitative estimate of drug-likeness (QED) is 0.109. The molecule has 2 atom stereocenters. The molecule has 0 radical (unpaired) electrons. The molecule has 0 aromatic carbocycles. The summed E-state index contributed by atoms with van der Waals surface area (Å²) in [6.07, 6.45) is 14.5. The number of aliphatic imine (C=N–C) groups is 2. The van der Waals surface area contributed by atoms with Crippen LogP contribution < -0.4 is 16.8 Å². The highest BCUT2D eigenvalue weighted by molar-refractivity contribution is 7.21. The van der Waals surface area contributed by atoms with Gasteiger partial charge in [0.1, 0.15) is 33.5 Å². The van der Waals surface area contributed by atoms with Crippen LogP contribution in [0.4, 0.5) is 5.13 Å². The largest absolute Gasteiger partial charge is 0.480 e. The Hall–Kier alpha value is -4.45. The van der Waals surface area contributed by atoms with E-state index in [-0.39, 0.29) is 22.8 Å². The maximum atomic E-state index is 10.3. The third-order valence-electron chi connectivity index (χ3n) is 9.26. The van der Waals surface area contributed by atoms with Crippen LogP contribution in [0, 0.1) is 28.6 Å². The normalized spacial score (nSPS) is 25.9. The first-order chi connectivity index (χ1) is 21.9. The molecule has 2 fully saturated rings. The first-order valence-electron chi connectivity index (χ1n) is 15.7. The number of nitrogens with zero attached hydrogens (tertiary/aromatic N) is 5. The number of rotatable bonds is 8. The van der Waals surface area contributed by atoms with Gasteiger partial charge in [0, 0.05) is 42.8 Å². The zero-order valence-corrected chi connectivity index (χ0v) is 28.0. The van der Waals surface area contributed by atoms with Gasteiger partial charge in [0.15, 0.2) is 0 Å². The molecule has 2 aromatic rings. The molecule has 3 aliphatic rings. The fraction of sp³-hybridized carbons (Fsp3) is 0.441. The van der Waals surface area contributed by atoms with E-state index in [1.54, 1.807) is 43.3 Å². The fourth-order valence-corrected chi connectivity index (χ4v) is 8.25. The molecule has 12 heteroatoms. The molecule has 2 aromatic heterocycles. The molecule has 11 nitrogen and oxygen atoms in total. The first kappa shape index (κ1) is 32.9. The molecule has 2 aliphatic carbocycles. The van der Waals surface area contributed by atoms with Crippen molar-refractivity contribution in [3.8, 4) is 0 Å². The lowest BCUT2D eigenvalue weighted by Crippen LogP contribution is -2.41. The molecule has 3 heterocycles. The van der Waals surface area contributed by atoms with Crippen LogP contribution in [-0.4, -0.2) is 56.1 Å². The Balaban J connectivity index is 1.33. The fourth-order valence-electron chi connectivity index (χ4n) is 7.46. The Bertz CT molecular complexity index is 1670. The summed E-state index contributed by atoms with van der Waals surface area (Å²) in [7, 11) is 1.69. The number of hydrogen-bond donors (Lipinski definition) is 6. The summed E-state index contributed by atoms with van der Waals surface area (Å²) in [6, 6.07) is 3.68. The van der Waals surface area contributed by atoms with Crippen molar-refractivity contribution in [1.82, 2.24) is 20.2 Å². The van der Waals surface area contributed by atoms with Crippen LogP contribution in [-0.2, 0) is 0 Å². The summed E-state index contributed by atoms with van der Waals surface area (Å²) >= 11 is 1.33. The SMILES string of the molecule is CC(=NCC12CC(C)CC(CC(C)C1)C2)/C(=C\N)C1=CC=C(N(C)C(=N)/C=C(C)\C(N)=N\c2nc3cccnc3s2)NC1=C(O)O. The number of aliphatic hydroxyl groups is 2. The zero-order valence-electron chi connectivity index (χ0n) is 27.2. The van der Waals surface area contributed by atoms with Gasteiger partial charge in [-0.05, 0) is 105 Å². The number of fused-ring (bicyclic) bond motifs is 3. The van der Waals surface area contributed by atoms with Crippen molar-refractivity contribution in [2.45, 2.75) is 59.8 Å². The number of aromatic nitrogens is 2. The van der Waals surface area contributed by atoms with Crippen molar-refractivity contribution < 1.29 is 10.2 Å². The lowest BCUT2D eigenvalue weighted by molar-refractivity contribution is 0.0256. The van der Waals surface area contributed by atoms with Crippen LogP contribution in [0.1, 0.15) is 59.8 Å². The topological polar surface area (TPSA) is 182 Å². The molecule has 2 unspecified atom stereocenters. The van der Waals surface area contributed by atoms with E-state index in [0.29, 0.717) is 39.5 Å². The van der Waals surface area contributed by atoms with Crippen LogP contribution in [0.5, 0.6) is 0 Å². The van der Waals surface area contributed by atoms with Crippen LogP contribution in [0.25, 0.3) is 10.3 Å².